The molecular weight excluding hydrogens is 342 g/mol. The highest BCUT2D eigenvalue weighted by atomic mass is 16.6. The number of fused-ring (bicyclic) bond motifs is 2. The molecule has 0 N–H and O–H groups in total. The lowest BCUT2D eigenvalue weighted by atomic mass is 9.92. The van der Waals surface area contributed by atoms with Crippen LogP contribution in [-0.4, -0.2) is 41.3 Å². The maximum Gasteiger partial charge on any atom is 0.411 e. The minimum absolute atomic E-state index is 0.0976. The molecule has 2 aliphatic heterocycles. The van der Waals surface area contributed by atoms with Crippen molar-refractivity contribution in [2.75, 3.05) is 13.2 Å². The van der Waals surface area contributed by atoms with Crippen LogP contribution in [0.3, 0.4) is 0 Å². The molecule has 0 radical (unpaired) electrons. The summed E-state index contributed by atoms with van der Waals surface area (Å²) in [5.74, 6) is 0. The van der Waals surface area contributed by atoms with E-state index < -0.39 is 0 Å². The molecule has 1 aromatic carbocycles. The van der Waals surface area contributed by atoms with E-state index in [1.165, 1.54) is 0 Å². The Bertz CT molecular complexity index is 904. The summed E-state index contributed by atoms with van der Waals surface area (Å²) in [6, 6.07) is 14.9. The molecule has 4 rings (SSSR count). The van der Waals surface area contributed by atoms with Gasteiger partial charge in [-0.2, -0.15) is 5.26 Å². The van der Waals surface area contributed by atoms with E-state index in [1.807, 2.05) is 36.4 Å². The lowest BCUT2D eigenvalue weighted by molar-refractivity contribution is -0.0342. The molecule has 2 aromatic rings. The van der Waals surface area contributed by atoms with Crippen molar-refractivity contribution in [3.05, 3.63) is 71.6 Å². The first-order chi connectivity index (χ1) is 13.2. The van der Waals surface area contributed by atoms with Crippen molar-refractivity contribution in [3.8, 4) is 6.07 Å². The first-order valence-corrected chi connectivity index (χ1v) is 8.88. The molecule has 1 aromatic heterocycles. The predicted octanol–water partition coefficient (Wildman–Crippen LogP) is 3.15. The van der Waals surface area contributed by atoms with E-state index >= 15 is 0 Å². The van der Waals surface area contributed by atoms with Crippen LogP contribution in [0.2, 0.25) is 0 Å². The van der Waals surface area contributed by atoms with Gasteiger partial charge in [0.1, 0.15) is 6.61 Å². The number of rotatable bonds is 3. The van der Waals surface area contributed by atoms with Crippen LogP contribution in [0.15, 0.2) is 54.7 Å². The number of amides is 1. The van der Waals surface area contributed by atoms with Crippen LogP contribution in [0, 0.1) is 11.3 Å². The summed E-state index contributed by atoms with van der Waals surface area (Å²) in [4.78, 5) is 18.8. The van der Waals surface area contributed by atoms with Crippen molar-refractivity contribution >= 4 is 11.7 Å². The number of benzene rings is 1. The third kappa shape index (κ3) is 3.69. The van der Waals surface area contributed by atoms with Gasteiger partial charge < -0.3 is 9.47 Å². The number of hydrogen-bond donors (Lipinski definition) is 0. The Kier molecular flexibility index (Phi) is 4.86. The average molecular weight is 361 g/mol. The zero-order valence-corrected chi connectivity index (χ0v) is 14.7. The minimum Gasteiger partial charge on any atom is -0.445 e. The summed E-state index contributed by atoms with van der Waals surface area (Å²) in [6.07, 6.45) is 3.94. The van der Waals surface area contributed by atoms with Gasteiger partial charge in [0.2, 0.25) is 0 Å². The van der Waals surface area contributed by atoms with Crippen molar-refractivity contribution in [3.63, 3.8) is 0 Å². The summed E-state index contributed by atoms with van der Waals surface area (Å²) in [6.45, 7) is 1.14. The molecule has 2 aliphatic rings. The van der Waals surface area contributed by atoms with Gasteiger partial charge in [0.15, 0.2) is 0 Å². The Labute approximate surface area is 157 Å². The smallest absolute Gasteiger partial charge is 0.411 e. The van der Waals surface area contributed by atoms with Crippen LogP contribution in [0.5, 0.6) is 0 Å². The summed E-state index contributed by atoms with van der Waals surface area (Å²) < 4.78 is 11.2. The third-order valence-electron chi connectivity index (χ3n) is 4.83. The van der Waals surface area contributed by atoms with Gasteiger partial charge in [0.25, 0.3) is 0 Å². The van der Waals surface area contributed by atoms with E-state index in [-0.39, 0.29) is 24.8 Å². The van der Waals surface area contributed by atoms with E-state index in [9.17, 15) is 4.79 Å². The fourth-order valence-electron chi connectivity index (χ4n) is 3.54. The molecule has 2 atom stereocenters. The van der Waals surface area contributed by atoms with Crippen molar-refractivity contribution < 1.29 is 14.3 Å². The monoisotopic (exact) mass is 361 g/mol. The van der Waals surface area contributed by atoms with Gasteiger partial charge in [0.05, 0.1) is 42.6 Å². The van der Waals surface area contributed by atoms with Gasteiger partial charge in [0, 0.05) is 6.20 Å². The molecule has 3 heterocycles. The lowest BCUT2D eigenvalue weighted by Crippen LogP contribution is -2.56. The summed E-state index contributed by atoms with van der Waals surface area (Å²) in [5.41, 5.74) is 3.35. The number of nitriles is 1. The highest BCUT2D eigenvalue weighted by Crippen LogP contribution is 2.32. The third-order valence-corrected chi connectivity index (χ3v) is 4.83. The second kappa shape index (κ2) is 7.60. The van der Waals surface area contributed by atoms with Gasteiger partial charge in [-0.05, 0) is 29.7 Å². The number of hydrogen-bond acceptors (Lipinski definition) is 5. The average Bonchev–Trinajstić information content (AvgIpc) is 2.72. The topological polar surface area (TPSA) is 75.5 Å². The molecule has 27 heavy (non-hydrogen) atoms. The molecule has 2 unspecified atom stereocenters. The zero-order chi connectivity index (χ0) is 18.6. The van der Waals surface area contributed by atoms with E-state index in [2.05, 4.69) is 11.1 Å². The standard InChI is InChI=1S/C21H19N3O3/c22-11-16-6-7-23-20(8-16)17-9-18-13-26-14-19(10-17)24(18)21(25)27-12-15-4-2-1-3-5-15/h1-9,18-19H,10,12-14H2. The number of carbonyl (C=O) groups excluding carboxylic acids is 1. The first-order valence-electron chi connectivity index (χ1n) is 8.88. The molecule has 6 heteroatoms. The first kappa shape index (κ1) is 17.3. The molecule has 0 saturated carbocycles. The summed E-state index contributed by atoms with van der Waals surface area (Å²) >= 11 is 0. The fraction of sp³-hybridized carbons (Fsp3) is 0.286. The molecule has 0 spiro atoms. The molecular formula is C21H19N3O3. The van der Waals surface area contributed by atoms with Crippen LogP contribution >= 0.6 is 0 Å². The summed E-state index contributed by atoms with van der Waals surface area (Å²) in [5, 5.41) is 9.10. The molecule has 1 amide bonds. The molecule has 1 fully saturated rings. The molecule has 6 nitrogen and oxygen atoms in total. The second-order valence-electron chi connectivity index (χ2n) is 6.64. The number of nitrogens with zero attached hydrogens (tertiary/aromatic N) is 3. The molecule has 0 aliphatic carbocycles. The van der Waals surface area contributed by atoms with E-state index in [0.29, 0.717) is 25.2 Å². The molecule has 136 valence electrons. The van der Waals surface area contributed by atoms with Gasteiger partial charge >= 0.3 is 6.09 Å². The normalized spacial score (nSPS) is 21.1. The van der Waals surface area contributed by atoms with Crippen LogP contribution in [0.1, 0.15) is 23.2 Å². The second-order valence-corrected chi connectivity index (χ2v) is 6.64. The Hall–Kier alpha value is -3.17. The highest BCUT2D eigenvalue weighted by Gasteiger charge is 2.39. The van der Waals surface area contributed by atoms with E-state index in [0.717, 1.165) is 16.8 Å². The van der Waals surface area contributed by atoms with Crippen LogP contribution < -0.4 is 0 Å². The molecule has 2 bridgehead atoms. The highest BCUT2D eigenvalue weighted by molar-refractivity contribution is 5.74. The number of aromatic nitrogens is 1. The van der Waals surface area contributed by atoms with Crippen LogP contribution in [0.25, 0.3) is 5.57 Å². The Balaban J connectivity index is 1.51. The maximum atomic E-state index is 12.7. The number of morpholine rings is 1. The van der Waals surface area contributed by atoms with Crippen molar-refractivity contribution in [2.45, 2.75) is 25.1 Å². The fourth-order valence-corrected chi connectivity index (χ4v) is 3.54. The van der Waals surface area contributed by atoms with Gasteiger partial charge in [-0.1, -0.05) is 36.4 Å². The van der Waals surface area contributed by atoms with Crippen LogP contribution in [-0.2, 0) is 16.1 Å². The van der Waals surface area contributed by atoms with Gasteiger partial charge in [-0.3, -0.25) is 9.88 Å². The molecule has 1 saturated heterocycles. The largest absolute Gasteiger partial charge is 0.445 e. The number of pyridine rings is 1. The minimum atomic E-state index is -0.328. The maximum absolute atomic E-state index is 12.7. The Morgan fingerprint density at radius 2 is 2.15 bits per heavy atom. The van der Waals surface area contributed by atoms with Crippen molar-refractivity contribution in [1.29, 1.82) is 5.26 Å². The quantitative estimate of drug-likeness (QED) is 0.839. The van der Waals surface area contributed by atoms with Crippen molar-refractivity contribution in [2.24, 2.45) is 0 Å². The lowest BCUT2D eigenvalue weighted by Gasteiger charge is -2.43. The van der Waals surface area contributed by atoms with E-state index in [1.54, 1.807) is 23.2 Å². The van der Waals surface area contributed by atoms with Gasteiger partial charge in [-0.25, -0.2) is 4.79 Å². The number of ether oxygens (including phenoxy) is 2. The number of carbonyl (C=O) groups is 1. The Morgan fingerprint density at radius 3 is 2.93 bits per heavy atom. The predicted molar refractivity (Wildman–Crippen MR) is 98.4 cm³/mol. The Morgan fingerprint density at radius 1 is 1.30 bits per heavy atom. The van der Waals surface area contributed by atoms with Crippen molar-refractivity contribution in [1.82, 2.24) is 9.88 Å². The zero-order valence-electron chi connectivity index (χ0n) is 14.7. The SMILES string of the molecule is N#Cc1ccnc(C2=CC3COCC(C2)N3C(=O)OCc2ccccc2)c1. The van der Waals surface area contributed by atoms with E-state index in [4.69, 9.17) is 14.7 Å². The summed E-state index contributed by atoms with van der Waals surface area (Å²) in [7, 11) is 0. The van der Waals surface area contributed by atoms with Crippen LogP contribution in [0.4, 0.5) is 4.79 Å². The van der Waals surface area contributed by atoms with Gasteiger partial charge in [-0.15, -0.1) is 0 Å².